The lowest BCUT2D eigenvalue weighted by Crippen LogP contribution is -2.10. The number of aromatic nitrogens is 2. The second-order valence-corrected chi connectivity index (χ2v) is 5.12. The molecule has 2 nitrogen and oxygen atoms in total. The van der Waals surface area contributed by atoms with Crippen LogP contribution in [0.25, 0.3) is 22.0 Å². The van der Waals surface area contributed by atoms with Gasteiger partial charge in [0, 0.05) is 35.9 Å². The fourth-order valence-corrected chi connectivity index (χ4v) is 2.65. The van der Waals surface area contributed by atoms with Gasteiger partial charge in [-0.25, -0.2) is 0 Å². The van der Waals surface area contributed by atoms with Gasteiger partial charge in [-0.15, -0.1) is 0 Å². The molecule has 0 aliphatic heterocycles. The second-order valence-electron chi connectivity index (χ2n) is 4.71. The Bertz CT molecular complexity index is 807. The highest BCUT2D eigenvalue weighted by Crippen LogP contribution is 2.37. The van der Waals surface area contributed by atoms with Crippen molar-refractivity contribution in [1.82, 2.24) is 9.55 Å². The highest BCUT2D eigenvalue weighted by Gasteiger charge is 2.34. The molecule has 3 rings (SSSR count). The first-order valence-electron chi connectivity index (χ1n) is 6.14. The maximum atomic E-state index is 12.9. The number of benzene rings is 1. The largest absolute Gasteiger partial charge is 0.431 e. The van der Waals surface area contributed by atoms with E-state index in [9.17, 15) is 13.2 Å². The van der Waals surface area contributed by atoms with Crippen molar-refractivity contribution in [2.45, 2.75) is 6.18 Å². The molecule has 108 valence electrons. The molecule has 0 atom stereocenters. The van der Waals surface area contributed by atoms with E-state index < -0.39 is 11.9 Å². The van der Waals surface area contributed by atoms with Gasteiger partial charge in [-0.05, 0) is 35.9 Å². The van der Waals surface area contributed by atoms with Crippen LogP contribution < -0.4 is 0 Å². The van der Waals surface area contributed by atoms with Gasteiger partial charge >= 0.3 is 6.18 Å². The predicted octanol–water partition coefficient (Wildman–Crippen LogP) is 4.91. The monoisotopic (exact) mass is 310 g/mol. The minimum Gasteiger partial charge on any atom is -0.340 e. The minimum absolute atomic E-state index is 0.406. The van der Waals surface area contributed by atoms with Crippen molar-refractivity contribution < 1.29 is 13.2 Å². The van der Waals surface area contributed by atoms with Crippen LogP contribution in [-0.2, 0) is 13.2 Å². The number of fused-ring (bicyclic) bond motifs is 1. The molecule has 0 saturated heterocycles. The first-order chi connectivity index (χ1) is 9.88. The standard InChI is InChI=1S/C15H10ClF3N2/c1-21-13-8-12(16)11(9-2-4-20-5-3-9)6-10(13)7-14(21)15(17,18)19/h2-8H,1H3. The predicted molar refractivity (Wildman–Crippen MR) is 76.2 cm³/mol. The van der Waals surface area contributed by atoms with Crippen LogP contribution >= 0.6 is 11.6 Å². The molecule has 0 radical (unpaired) electrons. The molecule has 0 aliphatic carbocycles. The molecule has 0 fully saturated rings. The molecule has 0 aliphatic rings. The molecule has 1 aromatic carbocycles. The lowest BCUT2D eigenvalue weighted by Gasteiger charge is -2.08. The van der Waals surface area contributed by atoms with Gasteiger partial charge < -0.3 is 4.57 Å². The van der Waals surface area contributed by atoms with Gasteiger partial charge in [-0.2, -0.15) is 13.2 Å². The van der Waals surface area contributed by atoms with Crippen LogP contribution in [0.1, 0.15) is 5.69 Å². The highest BCUT2D eigenvalue weighted by atomic mass is 35.5. The number of halogens is 4. The average molecular weight is 311 g/mol. The van der Waals surface area contributed by atoms with Crippen LogP contribution in [0.4, 0.5) is 13.2 Å². The van der Waals surface area contributed by atoms with Crippen LogP contribution in [0, 0.1) is 0 Å². The van der Waals surface area contributed by atoms with Gasteiger partial charge in [0.2, 0.25) is 0 Å². The molecule has 3 aromatic rings. The van der Waals surface area contributed by atoms with Crippen molar-refractivity contribution in [3.05, 3.63) is 53.4 Å². The summed E-state index contributed by atoms with van der Waals surface area (Å²) >= 11 is 6.22. The Hall–Kier alpha value is -2.01. The molecule has 0 amide bonds. The number of hydrogen-bond acceptors (Lipinski definition) is 1. The third-order valence-electron chi connectivity index (χ3n) is 3.41. The molecule has 0 saturated carbocycles. The summed E-state index contributed by atoms with van der Waals surface area (Å²) in [7, 11) is 1.38. The number of pyridine rings is 1. The second kappa shape index (κ2) is 4.77. The normalized spacial score (nSPS) is 12.0. The average Bonchev–Trinajstić information content (AvgIpc) is 2.76. The van der Waals surface area contributed by atoms with Crippen LogP contribution in [0.2, 0.25) is 5.02 Å². The van der Waals surface area contributed by atoms with E-state index in [1.54, 1.807) is 36.7 Å². The van der Waals surface area contributed by atoms with Gasteiger partial charge in [0.15, 0.2) is 0 Å². The van der Waals surface area contributed by atoms with E-state index in [4.69, 9.17) is 11.6 Å². The van der Waals surface area contributed by atoms with E-state index in [0.717, 1.165) is 16.2 Å². The number of hydrogen-bond donors (Lipinski definition) is 0. The fraction of sp³-hybridized carbons (Fsp3) is 0.133. The molecule has 2 aromatic heterocycles. The third-order valence-corrected chi connectivity index (χ3v) is 3.73. The quantitative estimate of drug-likeness (QED) is 0.624. The molecule has 0 unspecified atom stereocenters. The van der Waals surface area contributed by atoms with E-state index in [-0.39, 0.29) is 0 Å². The summed E-state index contributed by atoms with van der Waals surface area (Å²) in [6.07, 6.45) is -1.17. The summed E-state index contributed by atoms with van der Waals surface area (Å²) in [6, 6.07) is 7.89. The van der Waals surface area contributed by atoms with Gasteiger partial charge in [0.05, 0.1) is 5.02 Å². The number of nitrogens with zero attached hydrogens (tertiary/aromatic N) is 2. The Labute approximate surface area is 123 Å². The Morgan fingerprint density at radius 3 is 2.38 bits per heavy atom. The van der Waals surface area contributed by atoms with E-state index in [1.165, 1.54) is 7.05 Å². The number of aryl methyl sites for hydroxylation is 1. The van der Waals surface area contributed by atoms with E-state index >= 15 is 0 Å². The molecule has 6 heteroatoms. The number of alkyl halides is 3. The SMILES string of the molecule is Cn1c(C(F)(F)F)cc2cc(-c3ccncc3)c(Cl)cc21. The summed E-state index contributed by atoms with van der Waals surface area (Å²) in [5, 5.41) is 0.907. The van der Waals surface area contributed by atoms with Gasteiger partial charge in [-0.3, -0.25) is 4.98 Å². The van der Waals surface area contributed by atoms with Crippen LogP contribution in [0.5, 0.6) is 0 Å². The summed E-state index contributed by atoms with van der Waals surface area (Å²) in [4.78, 5) is 3.92. The third kappa shape index (κ3) is 2.38. The van der Waals surface area contributed by atoms with E-state index in [0.29, 0.717) is 21.5 Å². The van der Waals surface area contributed by atoms with Crippen molar-refractivity contribution in [3.8, 4) is 11.1 Å². The lowest BCUT2D eigenvalue weighted by molar-refractivity contribution is -0.142. The molecule has 0 spiro atoms. The van der Waals surface area contributed by atoms with Gasteiger partial charge in [-0.1, -0.05) is 11.6 Å². The van der Waals surface area contributed by atoms with Crippen molar-refractivity contribution in [2.24, 2.45) is 7.05 Å². The van der Waals surface area contributed by atoms with Crippen LogP contribution in [-0.4, -0.2) is 9.55 Å². The maximum absolute atomic E-state index is 12.9. The summed E-state index contributed by atoms with van der Waals surface area (Å²) in [5.74, 6) is 0. The van der Waals surface area contributed by atoms with E-state index in [1.807, 2.05) is 0 Å². The molecule has 2 heterocycles. The first-order valence-corrected chi connectivity index (χ1v) is 6.52. The van der Waals surface area contributed by atoms with Gasteiger partial charge in [0.1, 0.15) is 5.69 Å². The summed E-state index contributed by atoms with van der Waals surface area (Å²) < 4.78 is 40.0. The summed E-state index contributed by atoms with van der Waals surface area (Å²) in [6.45, 7) is 0. The topological polar surface area (TPSA) is 17.8 Å². The Morgan fingerprint density at radius 2 is 1.76 bits per heavy atom. The fourth-order valence-electron chi connectivity index (χ4n) is 2.38. The molecule has 0 N–H and O–H groups in total. The Kier molecular flexibility index (Phi) is 3.17. The van der Waals surface area contributed by atoms with Crippen molar-refractivity contribution >= 4 is 22.5 Å². The molecular weight excluding hydrogens is 301 g/mol. The first kappa shape index (κ1) is 13.9. The maximum Gasteiger partial charge on any atom is 0.431 e. The highest BCUT2D eigenvalue weighted by molar-refractivity contribution is 6.34. The smallest absolute Gasteiger partial charge is 0.340 e. The molecule has 21 heavy (non-hydrogen) atoms. The minimum atomic E-state index is -4.39. The molecule has 0 bridgehead atoms. The lowest BCUT2D eigenvalue weighted by atomic mass is 10.1. The van der Waals surface area contributed by atoms with Crippen molar-refractivity contribution in [2.75, 3.05) is 0 Å². The number of rotatable bonds is 1. The van der Waals surface area contributed by atoms with E-state index in [2.05, 4.69) is 4.98 Å². The zero-order valence-electron chi connectivity index (χ0n) is 10.9. The summed E-state index contributed by atoms with van der Waals surface area (Å²) in [5.41, 5.74) is 1.26. The van der Waals surface area contributed by atoms with Crippen LogP contribution in [0.3, 0.4) is 0 Å². The van der Waals surface area contributed by atoms with Crippen molar-refractivity contribution in [3.63, 3.8) is 0 Å². The zero-order chi connectivity index (χ0) is 15.2. The van der Waals surface area contributed by atoms with Crippen LogP contribution in [0.15, 0.2) is 42.7 Å². The Balaban J connectivity index is 2.26. The molecular formula is C15H10ClF3N2. The zero-order valence-corrected chi connectivity index (χ0v) is 11.7. The van der Waals surface area contributed by atoms with Gasteiger partial charge in [0.25, 0.3) is 0 Å². The van der Waals surface area contributed by atoms with Crippen molar-refractivity contribution in [1.29, 1.82) is 0 Å². The Morgan fingerprint density at radius 1 is 1.10 bits per heavy atom.